The van der Waals surface area contributed by atoms with Crippen molar-refractivity contribution in [3.8, 4) is 0 Å². The quantitative estimate of drug-likeness (QED) is 0.743. The summed E-state index contributed by atoms with van der Waals surface area (Å²) in [6.07, 6.45) is 1.88. The van der Waals surface area contributed by atoms with Crippen LogP contribution in [0.5, 0.6) is 0 Å². The van der Waals surface area contributed by atoms with Crippen LogP contribution in [0.2, 0.25) is 0 Å². The van der Waals surface area contributed by atoms with Crippen LogP contribution in [0.1, 0.15) is 41.0 Å². The summed E-state index contributed by atoms with van der Waals surface area (Å²) in [7, 11) is -2.02. The molecule has 7 nitrogen and oxygen atoms in total. The average molecular weight is 404 g/mol. The van der Waals surface area contributed by atoms with Crippen LogP contribution in [-0.2, 0) is 10.0 Å². The minimum Gasteiger partial charge on any atom is -0.350 e. The van der Waals surface area contributed by atoms with Crippen LogP contribution in [0, 0.1) is 0 Å². The third-order valence-electron chi connectivity index (χ3n) is 4.38. The monoisotopic (exact) mass is 403 g/mol. The van der Waals surface area contributed by atoms with Gasteiger partial charge in [-0.05, 0) is 43.7 Å². The summed E-state index contributed by atoms with van der Waals surface area (Å²) in [5, 5.41) is 5.61. The Morgan fingerprint density at radius 3 is 2.39 bits per heavy atom. The van der Waals surface area contributed by atoms with Gasteiger partial charge >= 0.3 is 0 Å². The van der Waals surface area contributed by atoms with Gasteiger partial charge in [-0.2, -0.15) is 0 Å². The van der Waals surface area contributed by atoms with Gasteiger partial charge in [0.15, 0.2) is 0 Å². The van der Waals surface area contributed by atoms with Crippen molar-refractivity contribution in [2.24, 2.45) is 0 Å². The second-order valence-corrected chi connectivity index (χ2v) is 8.58. The molecule has 2 N–H and O–H groups in total. The third kappa shape index (κ3) is 5.32. The van der Waals surface area contributed by atoms with Gasteiger partial charge in [-0.15, -0.1) is 0 Å². The molecule has 0 heterocycles. The fraction of sp³-hybridized carbons (Fsp3) is 0.300. The van der Waals surface area contributed by atoms with Crippen molar-refractivity contribution in [2.45, 2.75) is 26.3 Å². The van der Waals surface area contributed by atoms with Crippen molar-refractivity contribution in [3.05, 3.63) is 59.7 Å². The van der Waals surface area contributed by atoms with Crippen LogP contribution in [-0.4, -0.2) is 39.6 Å². The van der Waals surface area contributed by atoms with E-state index in [0.717, 1.165) is 17.0 Å². The summed E-state index contributed by atoms with van der Waals surface area (Å²) in [4.78, 5) is 25.2. The standard InChI is InChI=1S/C20H25N3O4S/c1-5-14(2)21-20(25)17-11-6-7-12-18(17)22-19(24)15-9-8-10-16(13-15)23(3)28(4,26)27/h6-14H,5H2,1-4H3,(H,21,25)(H,22,24). The number of carbonyl (C=O) groups is 2. The summed E-state index contributed by atoms with van der Waals surface area (Å²) in [6, 6.07) is 13.0. The molecule has 0 aliphatic rings. The van der Waals surface area contributed by atoms with Crippen LogP contribution in [0.15, 0.2) is 48.5 Å². The van der Waals surface area contributed by atoms with Gasteiger partial charge in [-0.25, -0.2) is 8.42 Å². The Labute approximate surface area is 165 Å². The molecular formula is C20H25N3O4S. The number of anilines is 2. The maximum Gasteiger partial charge on any atom is 0.255 e. The second-order valence-electron chi connectivity index (χ2n) is 6.56. The topological polar surface area (TPSA) is 95.6 Å². The first-order chi connectivity index (χ1) is 13.1. The van der Waals surface area contributed by atoms with E-state index in [4.69, 9.17) is 0 Å². The summed E-state index contributed by atoms with van der Waals surface area (Å²) in [5.74, 6) is -0.705. The molecule has 2 rings (SSSR count). The molecule has 2 aromatic carbocycles. The van der Waals surface area contributed by atoms with E-state index in [2.05, 4.69) is 10.6 Å². The fourth-order valence-corrected chi connectivity index (χ4v) is 2.92. The molecule has 0 bridgehead atoms. The first-order valence-electron chi connectivity index (χ1n) is 8.88. The number of rotatable bonds is 7. The highest BCUT2D eigenvalue weighted by molar-refractivity contribution is 7.92. The minimum absolute atomic E-state index is 0.0134. The SMILES string of the molecule is CCC(C)NC(=O)c1ccccc1NC(=O)c1cccc(N(C)S(C)(=O)=O)c1. The Bertz CT molecular complexity index is 973. The maximum absolute atomic E-state index is 12.7. The van der Waals surface area contributed by atoms with Crippen molar-refractivity contribution < 1.29 is 18.0 Å². The number of benzene rings is 2. The van der Waals surface area contributed by atoms with Crippen LogP contribution in [0.3, 0.4) is 0 Å². The van der Waals surface area contributed by atoms with Crippen molar-refractivity contribution in [1.82, 2.24) is 5.32 Å². The van der Waals surface area contributed by atoms with Gasteiger partial charge in [0.25, 0.3) is 11.8 Å². The number of amides is 2. The largest absolute Gasteiger partial charge is 0.350 e. The van der Waals surface area contributed by atoms with E-state index in [1.54, 1.807) is 42.5 Å². The molecule has 0 saturated heterocycles. The Kier molecular flexibility index (Phi) is 6.80. The predicted molar refractivity (Wildman–Crippen MR) is 111 cm³/mol. The number of carbonyl (C=O) groups excluding carboxylic acids is 2. The van der Waals surface area contributed by atoms with E-state index in [0.29, 0.717) is 16.9 Å². The molecule has 0 spiro atoms. The first kappa shape index (κ1) is 21.4. The lowest BCUT2D eigenvalue weighted by atomic mass is 10.1. The Hall–Kier alpha value is -2.87. The summed E-state index contributed by atoms with van der Waals surface area (Å²) in [6.45, 7) is 3.88. The molecule has 2 amide bonds. The number of nitrogens with zero attached hydrogens (tertiary/aromatic N) is 1. The van der Waals surface area contributed by atoms with Gasteiger partial charge in [0.1, 0.15) is 0 Å². The normalized spacial score (nSPS) is 12.1. The molecule has 150 valence electrons. The molecule has 2 aromatic rings. The molecule has 0 aliphatic heterocycles. The summed E-state index contributed by atoms with van der Waals surface area (Å²) < 4.78 is 24.5. The molecule has 0 radical (unpaired) electrons. The number of hydrogen-bond acceptors (Lipinski definition) is 4. The number of nitrogens with one attached hydrogen (secondary N) is 2. The highest BCUT2D eigenvalue weighted by atomic mass is 32.2. The van der Waals surface area contributed by atoms with E-state index in [1.807, 2.05) is 13.8 Å². The molecule has 0 fully saturated rings. The van der Waals surface area contributed by atoms with Crippen LogP contribution in [0.25, 0.3) is 0 Å². The van der Waals surface area contributed by atoms with Crippen LogP contribution >= 0.6 is 0 Å². The van der Waals surface area contributed by atoms with Gasteiger partial charge < -0.3 is 10.6 Å². The summed E-state index contributed by atoms with van der Waals surface area (Å²) >= 11 is 0. The smallest absolute Gasteiger partial charge is 0.255 e. The van der Waals surface area contributed by atoms with E-state index in [-0.39, 0.29) is 17.5 Å². The number of sulfonamides is 1. The van der Waals surface area contributed by atoms with E-state index >= 15 is 0 Å². The molecular weight excluding hydrogens is 378 g/mol. The number of hydrogen-bond donors (Lipinski definition) is 2. The lowest BCUT2D eigenvalue weighted by Gasteiger charge is -2.17. The number of para-hydroxylation sites is 1. The van der Waals surface area contributed by atoms with E-state index < -0.39 is 15.9 Å². The highest BCUT2D eigenvalue weighted by Crippen LogP contribution is 2.20. The lowest BCUT2D eigenvalue weighted by molar-refractivity contribution is 0.0940. The van der Waals surface area contributed by atoms with Crippen molar-refractivity contribution >= 4 is 33.2 Å². The third-order valence-corrected chi connectivity index (χ3v) is 5.58. The fourth-order valence-electron chi connectivity index (χ4n) is 2.42. The van der Waals surface area contributed by atoms with Crippen molar-refractivity contribution in [3.63, 3.8) is 0 Å². The minimum atomic E-state index is -3.44. The van der Waals surface area contributed by atoms with Gasteiger partial charge in [0.2, 0.25) is 10.0 Å². The van der Waals surface area contributed by atoms with Crippen molar-refractivity contribution in [1.29, 1.82) is 0 Å². The molecule has 1 atom stereocenters. The first-order valence-corrected chi connectivity index (χ1v) is 10.7. The maximum atomic E-state index is 12.7. The van der Waals surface area contributed by atoms with E-state index in [9.17, 15) is 18.0 Å². The predicted octanol–water partition coefficient (Wildman–Crippen LogP) is 2.86. The molecule has 1 unspecified atom stereocenters. The van der Waals surface area contributed by atoms with Gasteiger partial charge in [-0.3, -0.25) is 13.9 Å². The summed E-state index contributed by atoms with van der Waals surface area (Å²) in [5.41, 5.74) is 1.40. The molecule has 28 heavy (non-hydrogen) atoms. The van der Waals surface area contributed by atoms with Crippen LogP contribution in [0.4, 0.5) is 11.4 Å². The van der Waals surface area contributed by atoms with Gasteiger partial charge in [-0.1, -0.05) is 25.1 Å². The molecule has 8 heteroatoms. The van der Waals surface area contributed by atoms with Gasteiger partial charge in [0.05, 0.1) is 23.2 Å². The lowest BCUT2D eigenvalue weighted by Crippen LogP contribution is -2.32. The molecule has 0 aliphatic carbocycles. The zero-order chi connectivity index (χ0) is 20.9. The zero-order valence-corrected chi connectivity index (χ0v) is 17.2. The Balaban J connectivity index is 2.26. The Morgan fingerprint density at radius 1 is 1.07 bits per heavy atom. The average Bonchev–Trinajstić information content (AvgIpc) is 2.66. The zero-order valence-electron chi connectivity index (χ0n) is 16.4. The molecule has 0 aromatic heterocycles. The second kappa shape index (κ2) is 8.88. The highest BCUT2D eigenvalue weighted by Gasteiger charge is 2.17. The van der Waals surface area contributed by atoms with Crippen LogP contribution < -0.4 is 14.9 Å². The van der Waals surface area contributed by atoms with E-state index in [1.165, 1.54) is 13.1 Å². The molecule has 0 saturated carbocycles. The van der Waals surface area contributed by atoms with Gasteiger partial charge in [0, 0.05) is 18.7 Å². The Morgan fingerprint density at radius 2 is 1.75 bits per heavy atom. The van der Waals surface area contributed by atoms with Crippen molar-refractivity contribution in [2.75, 3.05) is 22.9 Å².